The molecule has 1 heterocycles. The van der Waals surface area contributed by atoms with E-state index in [1.54, 1.807) is 30.3 Å². The van der Waals surface area contributed by atoms with Crippen LogP contribution in [0.25, 0.3) is 6.08 Å². The maximum absolute atomic E-state index is 14.0. The Balaban J connectivity index is 1.59. The molecule has 3 aromatic rings. The molecule has 1 aliphatic rings. The molecule has 0 radical (unpaired) electrons. The molecule has 1 aliphatic heterocycles. The minimum absolute atomic E-state index is 0.0104. The molecule has 0 fully saturated rings. The van der Waals surface area contributed by atoms with Gasteiger partial charge in [0.05, 0.1) is 17.7 Å². The van der Waals surface area contributed by atoms with Crippen molar-refractivity contribution in [1.82, 2.24) is 0 Å². The molecule has 162 valence electrons. The summed E-state index contributed by atoms with van der Waals surface area (Å²) in [6.07, 6.45) is 1.48. The van der Waals surface area contributed by atoms with E-state index in [0.29, 0.717) is 22.1 Å². The molecule has 0 amide bonds. The number of carbonyl (C=O) groups excluding carboxylic acids is 1. The van der Waals surface area contributed by atoms with Gasteiger partial charge in [0.1, 0.15) is 12.4 Å². The van der Waals surface area contributed by atoms with E-state index in [4.69, 9.17) is 37.4 Å². The van der Waals surface area contributed by atoms with Gasteiger partial charge in [-0.05, 0) is 53.6 Å². The van der Waals surface area contributed by atoms with E-state index < -0.39 is 11.8 Å². The van der Waals surface area contributed by atoms with E-state index in [1.165, 1.54) is 31.4 Å². The first-order chi connectivity index (χ1) is 15.4. The molecule has 0 saturated carbocycles. The molecule has 0 aromatic heterocycles. The summed E-state index contributed by atoms with van der Waals surface area (Å²) in [7, 11) is 1.48. The average Bonchev–Trinajstić information content (AvgIpc) is 3.14. The van der Waals surface area contributed by atoms with Gasteiger partial charge in [0.2, 0.25) is 5.90 Å². The topological polar surface area (TPSA) is 57.1 Å². The summed E-state index contributed by atoms with van der Waals surface area (Å²) < 4.78 is 30.4. The van der Waals surface area contributed by atoms with Crippen molar-refractivity contribution in [2.24, 2.45) is 4.99 Å². The van der Waals surface area contributed by atoms with Crippen LogP contribution in [-0.2, 0) is 16.1 Å². The SMILES string of the molecule is COc1cc(/C=C2\N=C(c3ccccc3F)OC2=O)cc(Cl)c1OCc1ccc(Cl)cc1. The fraction of sp³-hybridized carbons (Fsp3) is 0.0833. The number of cyclic esters (lactones) is 1. The Morgan fingerprint density at radius 2 is 1.84 bits per heavy atom. The van der Waals surface area contributed by atoms with Crippen molar-refractivity contribution in [3.8, 4) is 11.5 Å². The van der Waals surface area contributed by atoms with Gasteiger partial charge >= 0.3 is 5.97 Å². The summed E-state index contributed by atoms with van der Waals surface area (Å²) in [4.78, 5) is 16.4. The summed E-state index contributed by atoms with van der Waals surface area (Å²) >= 11 is 12.3. The number of benzene rings is 3. The fourth-order valence-corrected chi connectivity index (χ4v) is 3.42. The standard InChI is InChI=1S/C24H16Cl2FNO4/c1-30-21-12-15(10-18(26)22(21)31-13-14-6-8-16(25)9-7-14)11-20-24(29)32-23(28-20)17-4-2-3-5-19(17)27/h2-12H,13H2,1H3/b20-11-. The molecular formula is C24H16Cl2FNO4. The Bertz CT molecular complexity index is 1240. The highest BCUT2D eigenvalue weighted by Crippen LogP contribution is 2.38. The van der Waals surface area contributed by atoms with Gasteiger partial charge in [0, 0.05) is 5.02 Å². The van der Waals surface area contributed by atoms with E-state index in [2.05, 4.69) is 4.99 Å². The average molecular weight is 472 g/mol. The third kappa shape index (κ3) is 4.77. The van der Waals surface area contributed by atoms with E-state index >= 15 is 0 Å². The predicted molar refractivity (Wildman–Crippen MR) is 121 cm³/mol. The Labute approximate surface area is 193 Å². The van der Waals surface area contributed by atoms with E-state index in [0.717, 1.165) is 5.56 Å². The maximum atomic E-state index is 14.0. The summed E-state index contributed by atoms with van der Waals surface area (Å²) in [5.41, 5.74) is 1.56. The van der Waals surface area contributed by atoms with Crippen molar-refractivity contribution < 1.29 is 23.4 Å². The molecule has 0 bridgehead atoms. The number of aliphatic imine (C=N–C) groups is 1. The molecule has 32 heavy (non-hydrogen) atoms. The van der Waals surface area contributed by atoms with Crippen LogP contribution in [0.5, 0.6) is 11.5 Å². The first-order valence-corrected chi connectivity index (χ1v) is 10.2. The minimum atomic E-state index is -0.693. The van der Waals surface area contributed by atoms with E-state index in [9.17, 15) is 9.18 Å². The van der Waals surface area contributed by atoms with E-state index in [1.807, 2.05) is 12.1 Å². The first kappa shape index (κ1) is 21.9. The summed E-state index contributed by atoms with van der Waals surface area (Å²) in [6.45, 7) is 0.260. The molecule has 3 aromatic carbocycles. The van der Waals surface area contributed by atoms with Crippen LogP contribution in [0.3, 0.4) is 0 Å². The molecule has 0 atom stereocenters. The van der Waals surface area contributed by atoms with Crippen LogP contribution in [0.1, 0.15) is 16.7 Å². The Kier molecular flexibility index (Phi) is 6.44. The summed E-state index contributed by atoms with van der Waals surface area (Å²) in [5.74, 6) is -0.590. The van der Waals surface area contributed by atoms with Gasteiger partial charge in [-0.3, -0.25) is 0 Å². The largest absolute Gasteiger partial charge is 0.493 e. The van der Waals surface area contributed by atoms with Crippen molar-refractivity contribution in [2.45, 2.75) is 6.61 Å². The number of nitrogens with zero attached hydrogens (tertiary/aromatic N) is 1. The number of esters is 1. The maximum Gasteiger partial charge on any atom is 0.363 e. The zero-order valence-electron chi connectivity index (χ0n) is 16.8. The highest BCUT2D eigenvalue weighted by molar-refractivity contribution is 6.32. The number of halogens is 3. The number of carbonyl (C=O) groups is 1. The summed E-state index contributed by atoms with van der Waals surface area (Å²) in [5, 5.41) is 0.919. The van der Waals surface area contributed by atoms with Gasteiger partial charge in [-0.1, -0.05) is 47.5 Å². The lowest BCUT2D eigenvalue weighted by atomic mass is 10.1. The van der Waals surface area contributed by atoms with Crippen LogP contribution in [-0.4, -0.2) is 19.0 Å². The molecule has 0 spiro atoms. The fourth-order valence-electron chi connectivity index (χ4n) is 3.02. The molecule has 5 nitrogen and oxygen atoms in total. The second-order valence-electron chi connectivity index (χ2n) is 6.77. The van der Waals surface area contributed by atoms with Crippen molar-refractivity contribution in [2.75, 3.05) is 7.11 Å². The van der Waals surface area contributed by atoms with Crippen LogP contribution < -0.4 is 9.47 Å². The normalized spacial score (nSPS) is 14.3. The zero-order valence-corrected chi connectivity index (χ0v) is 18.3. The third-order valence-electron chi connectivity index (χ3n) is 4.58. The van der Waals surface area contributed by atoms with Gasteiger partial charge in [0.25, 0.3) is 0 Å². The monoisotopic (exact) mass is 471 g/mol. The van der Waals surface area contributed by atoms with Crippen LogP contribution in [0.4, 0.5) is 4.39 Å². The zero-order chi connectivity index (χ0) is 22.7. The lowest BCUT2D eigenvalue weighted by Gasteiger charge is -2.13. The second kappa shape index (κ2) is 9.42. The predicted octanol–water partition coefficient (Wildman–Crippen LogP) is 6.06. The molecular weight excluding hydrogens is 456 g/mol. The number of hydrogen-bond donors (Lipinski definition) is 0. The van der Waals surface area contributed by atoms with Gasteiger partial charge < -0.3 is 14.2 Å². The molecule has 0 saturated heterocycles. The van der Waals surface area contributed by atoms with Gasteiger partial charge in [0.15, 0.2) is 17.2 Å². The van der Waals surface area contributed by atoms with Crippen molar-refractivity contribution >= 4 is 41.1 Å². The Hall–Kier alpha value is -3.35. The molecule has 4 rings (SSSR count). The van der Waals surface area contributed by atoms with Gasteiger partial charge in [-0.25, -0.2) is 14.2 Å². The lowest BCUT2D eigenvalue weighted by Crippen LogP contribution is -2.07. The molecule has 8 heteroatoms. The number of hydrogen-bond acceptors (Lipinski definition) is 5. The third-order valence-corrected chi connectivity index (χ3v) is 5.11. The molecule has 0 aliphatic carbocycles. The number of rotatable bonds is 6. The summed E-state index contributed by atoms with van der Waals surface area (Å²) in [6, 6.07) is 16.4. The Morgan fingerprint density at radius 3 is 2.56 bits per heavy atom. The smallest absolute Gasteiger partial charge is 0.363 e. The minimum Gasteiger partial charge on any atom is -0.493 e. The molecule has 0 N–H and O–H groups in total. The molecule has 0 unspecified atom stereocenters. The van der Waals surface area contributed by atoms with Crippen molar-refractivity contribution in [3.05, 3.63) is 98.9 Å². The van der Waals surface area contributed by atoms with Crippen LogP contribution in [0.15, 0.2) is 71.4 Å². The van der Waals surface area contributed by atoms with Crippen LogP contribution >= 0.6 is 23.2 Å². The lowest BCUT2D eigenvalue weighted by molar-refractivity contribution is -0.129. The van der Waals surface area contributed by atoms with Crippen LogP contribution in [0.2, 0.25) is 10.0 Å². The van der Waals surface area contributed by atoms with Crippen molar-refractivity contribution in [1.29, 1.82) is 0 Å². The number of methoxy groups -OCH3 is 1. The van der Waals surface area contributed by atoms with Crippen LogP contribution in [0, 0.1) is 5.82 Å². The number of ether oxygens (including phenoxy) is 3. The quantitative estimate of drug-likeness (QED) is 0.323. The highest BCUT2D eigenvalue weighted by atomic mass is 35.5. The first-order valence-electron chi connectivity index (χ1n) is 9.47. The Morgan fingerprint density at radius 1 is 1.09 bits per heavy atom. The van der Waals surface area contributed by atoms with Gasteiger partial charge in [-0.15, -0.1) is 0 Å². The van der Waals surface area contributed by atoms with Crippen molar-refractivity contribution in [3.63, 3.8) is 0 Å². The second-order valence-corrected chi connectivity index (χ2v) is 7.61. The highest BCUT2D eigenvalue weighted by Gasteiger charge is 2.26. The van der Waals surface area contributed by atoms with E-state index in [-0.39, 0.29) is 28.8 Å². The van der Waals surface area contributed by atoms with Gasteiger partial charge in [-0.2, -0.15) is 0 Å².